The van der Waals surface area contributed by atoms with E-state index in [9.17, 15) is 4.39 Å². The molecule has 0 fully saturated rings. The van der Waals surface area contributed by atoms with E-state index in [-0.39, 0.29) is 11.4 Å². The van der Waals surface area contributed by atoms with E-state index in [1.165, 1.54) is 33.8 Å². The predicted octanol–water partition coefficient (Wildman–Crippen LogP) is 6.29. The Labute approximate surface area is 207 Å². The fourth-order valence-corrected chi connectivity index (χ4v) is 5.05. The quantitative estimate of drug-likeness (QED) is 0.372. The molecule has 2 aromatic heterocycles. The molecule has 182 valence electrons. The predicted molar refractivity (Wildman–Crippen MR) is 142 cm³/mol. The van der Waals surface area contributed by atoms with Crippen molar-refractivity contribution in [3.05, 3.63) is 94.1 Å². The number of anilines is 1. The van der Waals surface area contributed by atoms with Gasteiger partial charge in [-0.1, -0.05) is 36.4 Å². The number of hydrogen-bond donors (Lipinski definition) is 1. The highest BCUT2D eigenvalue weighted by Gasteiger charge is 2.24. The topological polar surface area (TPSA) is 33.1 Å². The second-order valence-electron chi connectivity index (χ2n) is 10.8. The summed E-state index contributed by atoms with van der Waals surface area (Å²) in [6.45, 7) is 14.0. The smallest absolute Gasteiger partial charge is 0.153 e. The van der Waals surface area contributed by atoms with E-state index in [4.69, 9.17) is 4.98 Å². The van der Waals surface area contributed by atoms with Crippen molar-refractivity contribution in [3.8, 4) is 0 Å². The molecular formula is C30H35FN4. The first kappa shape index (κ1) is 23.6. The number of rotatable bonds is 5. The van der Waals surface area contributed by atoms with Gasteiger partial charge in [-0.25, -0.2) is 9.37 Å². The van der Waals surface area contributed by atoms with Crippen molar-refractivity contribution in [2.75, 3.05) is 11.4 Å². The first-order valence-electron chi connectivity index (χ1n) is 12.5. The van der Waals surface area contributed by atoms with Gasteiger partial charge in [0.2, 0.25) is 0 Å². The first-order valence-corrected chi connectivity index (χ1v) is 12.5. The Kier molecular flexibility index (Phi) is 6.14. The Bertz CT molecular complexity index is 1380. The first-order chi connectivity index (χ1) is 16.7. The fraction of sp³-hybridized carbons (Fsp3) is 0.367. The van der Waals surface area contributed by atoms with Crippen LogP contribution >= 0.6 is 0 Å². The number of nitrogens with one attached hydrogen (secondary N) is 1. The summed E-state index contributed by atoms with van der Waals surface area (Å²) < 4.78 is 16.3. The minimum atomic E-state index is -0.199. The highest BCUT2D eigenvalue weighted by molar-refractivity contribution is 5.94. The molecule has 5 rings (SSSR count). The van der Waals surface area contributed by atoms with E-state index in [0.717, 1.165) is 42.1 Å². The number of halogens is 1. The van der Waals surface area contributed by atoms with Gasteiger partial charge in [0, 0.05) is 42.8 Å². The molecule has 0 saturated carbocycles. The van der Waals surface area contributed by atoms with Crippen LogP contribution in [0.15, 0.2) is 54.6 Å². The van der Waals surface area contributed by atoms with Crippen molar-refractivity contribution in [1.82, 2.24) is 14.9 Å². The molecular weight excluding hydrogens is 435 g/mol. The zero-order valence-electron chi connectivity index (χ0n) is 21.5. The van der Waals surface area contributed by atoms with Gasteiger partial charge in [0.05, 0.1) is 11.2 Å². The largest absolute Gasteiger partial charge is 0.350 e. The van der Waals surface area contributed by atoms with E-state index in [2.05, 4.69) is 79.7 Å². The lowest BCUT2D eigenvalue weighted by molar-refractivity contribution is 0.421. The molecule has 1 N–H and O–H groups in total. The maximum Gasteiger partial charge on any atom is 0.153 e. The summed E-state index contributed by atoms with van der Waals surface area (Å²) in [6, 6.07) is 17.9. The molecule has 4 nitrogen and oxygen atoms in total. The van der Waals surface area contributed by atoms with Crippen LogP contribution in [0.3, 0.4) is 0 Å². The molecule has 0 amide bonds. The minimum Gasteiger partial charge on any atom is -0.350 e. The molecule has 35 heavy (non-hydrogen) atoms. The number of aromatic nitrogens is 2. The van der Waals surface area contributed by atoms with Crippen molar-refractivity contribution in [3.63, 3.8) is 0 Å². The molecule has 0 unspecified atom stereocenters. The van der Waals surface area contributed by atoms with Crippen LogP contribution in [0.4, 0.5) is 10.2 Å². The molecule has 0 atom stereocenters. The van der Waals surface area contributed by atoms with Gasteiger partial charge in [-0.2, -0.15) is 0 Å². The van der Waals surface area contributed by atoms with Gasteiger partial charge in [0.25, 0.3) is 0 Å². The van der Waals surface area contributed by atoms with Gasteiger partial charge in [-0.3, -0.25) is 0 Å². The molecule has 2 aromatic carbocycles. The molecule has 0 saturated heterocycles. The molecule has 1 aliphatic rings. The van der Waals surface area contributed by atoms with E-state index in [0.29, 0.717) is 13.1 Å². The average Bonchev–Trinajstić information content (AvgIpc) is 3.06. The Morgan fingerprint density at radius 1 is 1.00 bits per heavy atom. The average molecular weight is 471 g/mol. The summed E-state index contributed by atoms with van der Waals surface area (Å²) in [4.78, 5) is 7.67. The van der Waals surface area contributed by atoms with Crippen LogP contribution in [0.25, 0.3) is 10.9 Å². The zero-order valence-corrected chi connectivity index (χ0v) is 21.5. The number of benzene rings is 2. The van der Waals surface area contributed by atoms with E-state index in [1.54, 1.807) is 12.1 Å². The van der Waals surface area contributed by atoms with Crippen molar-refractivity contribution >= 4 is 16.7 Å². The monoisotopic (exact) mass is 470 g/mol. The second-order valence-corrected chi connectivity index (χ2v) is 10.8. The normalized spacial score (nSPS) is 13.9. The standard InChI is InChI=1S/C30H35FN4/c1-20-21(2)35(18-22-9-8-12-25(31)15-22)28-27(20)16-26(17-32-30(3,4)5)33-29(28)34-14-13-23-10-6-7-11-24(23)19-34/h6-12,15-16,32H,13-14,17-19H2,1-5H3. The minimum absolute atomic E-state index is 0.00907. The van der Waals surface area contributed by atoms with Crippen LogP contribution in [0, 0.1) is 19.7 Å². The Morgan fingerprint density at radius 2 is 1.77 bits per heavy atom. The van der Waals surface area contributed by atoms with Gasteiger partial charge in [-0.05, 0) is 81.5 Å². The van der Waals surface area contributed by atoms with Crippen LogP contribution in [0.5, 0.6) is 0 Å². The second kappa shape index (κ2) is 9.12. The number of fused-ring (bicyclic) bond motifs is 2. The van der Waals surface area contributed by atoms with Crippen molar-refractivity contribution in [2.45, 2.75) is 66.2 Å². The highest BCUT2D eigenvalue weighted by Crippen LogP contribution is 2.35. The summed E-state index contributed by atoms with van der Waals surface area (Å²) in [5.74, 6) is 0.824. The Balaban J connectivity index is 1.65. The van der Waals surface area contributed by atoms with Crippen LogP contribution in [-0.2, 0) is 26.1 Å². The van der Waals surface area contributed by atoms with Gasteiger partial charge in [0.15, 0.2) is 5.82 Å². The third-order valence-corrected chi connectivity index (χ3v) is 7.11. The third kappa shape index (κ3) is 4.83. The fourth-order valence-electron chi connectivity index (χ4n) is 5.05. The summed E-state index contributed by atoms with van der Waals surface area (Å²) >= 11 is 0. The molecule has 0 radical (unpaired) electrons. The Morgan fingerprint density at radius 3 is 2.51 bits per heavy atom. The lowest BCUT2D eigenvalue weighted by atomic mass is 10.00. The number of pyridine rings is 1. The summed E-state index contributed by atoms with van der Waals surface area (Å²) in [7, 11) is 0. The lowest BCUT2D eigenvalue weighted by Gasteiger charge is -2.31. The molecule has 1 aliphatic heterocycles. The third-order valence-electron chi connectivity index (χ3n) is 7.11. The zero-order chi connectivity index (χ0) is 24.7. The molecule has 3 heterocycles. The molecule has 0 spiro atoms. The summed E-state index contributed by atoms with van der Waals surface area (Å²) in [5, 5.41) is 4.84. The van der Waals surface area contributed by atoms with Gasteiger partial charge in [0.1, 0.15) is 5.82 Å². The molecule has 5 heteroatoms. The SMILES string of the molecule is Cc1c(C)n(Cc2cccc(F)c2)c2c(N3CCc4ccccc4C3)nc(CNC(C)(C)C)cc12. The number of hydrogen-bond acceptors (Lipinski definition) is 3. The summed E-state index contributed by atoms with van der Waals surface area (Å²) in [5.41, 5.74) is 8.40. The number of aryl methyl sites for hydroxylation is 1. The van der Waals surface area contributed by atoms with Gasteiger partial charge < -0.3 is 14.8 Å². The van der Waals surface area contributed by atoms with E-state index >= 15 is 0 Å². The van der Waals surface area contributed by atoms with Crippen LogP contribution < -0.4 is 10.2 Å². The van der Waals surface area contributed by atoms with Crippen molar-refractivity contribution in [2.24, 2.45) is 0 Å². The molecule has 4 aromatic rings. The van der Waals surface area contributed by atoms with E-state index in [1.807, 2.05) is 6.07 Å². The summed E-state index contributed by atoms with van der Waals surface area (Å²) in [6.07, 6.45) is 1.01. The van der Waals surface area contributed by atoms with Crippen LogP contribution in [0.1, 0.15) is 54.4 Å². The maximum atomic E-state index is 14.0. The van der Waals surface area contributed by atoms with Crippen molar-refractivity contribution < 1.29 is 4.39 Å². The molecule has 0 bridgehead atoms. The number of nitrogens with zero attached hydrogens (tertiary/aromatic N) is 3. The van der Waals surface area contributed by atoms with Crippen LogP contribution in [0.2, 0.25) is 0 Å². The molecule has 0 aliphatic carbocycles. The highest BCUT2D eigenvalue weighted by atomic mass is 19.1. The van der Waals surface area contributed by atoms with Crippen molar-refractivity contribution in [1.29, 1.82) is 0 Å². The van der Waals surface area contributed by atoms with E-state index < -0.39 is 0 Å². The Hall–Kier alpha value is -3.18. The van der Waals surface area contributed by atoms with Gasteiger partial charge >= 0.3 is 0 Å². The maximum absolute atomic E-state index is 14.0. The lowest BCUT2D eigenvalue weighted by Crippen LogP contribution is -2.36. The van der Waals surface area contributed by atoms with Crippen LogP contribution in [-0.4, -0.2) is 21.6 Å². The van der Waals surface area contributed by atoms with Gasteiger partial charge in [-0.15, -0.1) is 0 Å².